The van der Waals surface area contributed by atoms with Crippen molar-refractivity contribution in [3.63, 3.8) is 0 Å². The SMILES string of the molecule is Cc1cc(Br)ccc1OCc1c(NC(=O)NN)cccc1C1CC1. The van der Waals surface area contributed by atoms with Crippen LogP contribution in [0, 0.1) is 6.92 Å². The molecule has 1 fully saturated rings. The van der Waals surface area contributed by atoms with Crippen LogP contribution in [0.1, 0.15) is 35.4 Å². The van der Waals surface area contributed by atoms with E-state index in [2.05, 4.69) is 32.7 Å². The van der Waals surface area contributed by atoms with Crippen LogP contribution in [0.3, 0.4) is 0 Å². The van der Waals surface area contributed by atoms with Crippen LogP contribution in [0.4, 0.5) is 10.5 Å². The maximum atomic E-state index is 11.6. The van der Waals surface area contributed by atoms with Gasteiger partial charge in [0, 0.05) is 15.7 Å². The van der Waals surface area contributed by atoms with E-state index in [-0.39, 0.29) is 0 Å². The number of halogens is 1. The summed E-state index contributed by atoms with van der Waals surface area (Å²) >= 11 is 3.46. The van der Waals surface area contributed by atoms with Gasteiger partial charge in [0.05, 0.1) is 0 Å². The fourth-order valence-electron chi connectivity index (χ4n) is 2.74. The standard InChI is InChI=1S/C18H20BrN3O2/c1-11-9-13(19)7-8-17(11)24-10-15-14(12-5-6-12)3-2-4-16(15)21-18(23)22-20/h2-4,7-9,12H,5-6,10,20H2,1H3,(H2,21,22,23). The zero-order valence-corrected chi connectivity index (χ0v) is 15.0. The van der Waals surface area contributed by atoms with E-state index in [0.717, 1.165) is 27.0 Å². The van der Waals surface area contributed by atoms with Gasteiger partial charge in [-0.3, -0.25) is 5.43 Å². The van der Waals surface area contributed by atoms with Gasteiger partial charge in [0.25, 0.3) is 0 Å². The molecule has 1 saturated carbocycles. The van der Waals surface area contributed by atoms with Gasteiger partial charge in [0.15, 0.2) is 0 Å². The van der Waals surface area contributed by atoms with Gasteiger partial charge in [-0.15, -0.1) is 0 Å². The molecular weight excluding hydrogens is 370 g/mol. The third kappa shape index (κ3) is 3.88. The Bertz CT molecular complexity index is 760. The van der Waals surface area contributed by atoms with Crippen LogP contribution in [0.5, 0.6) is 5.75 Å². The molecule has 126 valence electrons. The maximum Gasteiger partial charge on any atom is 0.333 e. The Kier molecular flexibility index (Phi) is 5.06. The molecule has 2 amide bonds. The van der Waals surface area contributed by atoms with Crippen molar-refractivity contribution in [1.82, 2.24) is 5.43 Å². The molecule has 0 spiro atoms. The maximum absolute atomic E-state index is 11.6. The third-order valence-electron chi connectivity index (χ3n) is 4.12. The molecule has 0 heterocycles. The van der Waals surface area contributed by atoms with Gasteiger partial charge in [0.2, 0.25) is 0 Å². The van der Waals surface area contributed by atoms with Crippen molar-refractivity contribution in [2.75, 3.05) is 5.32 Å². The van der Waals surface area contributed by atoms with E-state index in [0.29, 0.717) is 12.5 Å². The number of carbonyl (C=O) groups excluding carboxylic acids is 1. The zero-order chi connectivity index (χ0) is 17.1. The first-order valence-corrected chi connectivity index (χ1v) is 8.66. The lowest BCUT2D eigenvalue weighted by Crippen LogP contribution is -2.34. The van der Waals surface area contributed by atoms with E-state index in [4.69, 9.17) is 10.6 Å². The molecule has 0 unspecified atom stereocenters. The molecule has 0 bridgehead atoms. The minimum absolute atomic E-state index is 0.398. The van der Waals surface area contributed by atoms with E-state index in [1.54, 1.807) is 0 Å². The molecule has 2 aromatic rings. The highest BCUT2D eigenvalue weighted by Crippen LogP contribution is 2.43. The van der Waals surface area contributed by atoms with Crippen LogP contribution in [-0.4, -0.2) is 6.03 Å². The number of hydrogen-bond donors (Lipinski definition) is 3. The summed E-state index contributed by atoms with van der Waals surface area (Å²) < 4.78 is 7.05. The van der Waals surface area contributed by atoms with Crippen LogP contribution < -0.4 is 21.3 Å². The molecule has 3 rings (SSSR count). The summed E-state index contributed by atoms with van der Waals surface area (Å²) in [6.45, 7) is 2.41. The van der Waals surface area contributed by atoms with Crippen LogP contribution in [0.15, 0.2) is 40.9 Å². The third-order valence-corrected chi connectivity index (χ3v) is 4.61. The number of nitrogens with one attached hydrogen (secondary N) is 2. The van der Waals surface area contributed by atoms with E-state index >= 15 is 0 Å². The Morgan fingerprint density at radius 1 is 1.33 bits per heavy atom. The molecule has 6 heteroatoms. The number of carbonyl (C=O) groups is 1. The molecular formula is C18H20BrN3O2. The molecule has 4 N–H and O–H groups in total. The smallest absolute Gasteiger partial charge is 0.333 e. The van der Waals surface area contributed by atoms with Crippen LogP contribution in [-0.2, 0) is 6.61 Å². The van der Waals surface area contributed by atoms with Gasteiger partial charge in [-0.05, 0) is 61.1 Å². The van der Waals surface area contributed by atoms with Gasteiger partial charge in [-0.2, -0.15) is 0 Å². The number of nitrogens with two attached hydrogens (primary N) is 1. The number of rotatable bonds is 5. The Hall–Kier alpha value is -2.05. The number of urea groups is 1. The Balaban J connectivity index is 1.85. The van der Waals surface area contributed by atoms with Gasteiger partial charge < -0.3 is 10.1 Å². The Labute approximate surface area is 149 Å². The highest BCUT2D eigenvalue weighted by Gasteiger charge is 2.27. The monoisotopic (exact) mass is 389 g/mol. The van der Waals surface area contributed by atoms with E-state index in [1.165, 1.54) is 18.4 Å². The predicted molar refractivity (Wildman–Crippen MR) is 98.0 cm³/mol. The predicted octanol–water partition coefficient (Wildman–Crippen LogP) is 4.21. The Morgan fingerprint density at radius 3 is 2.79 bits per heavy atom. The summed E-state index contributed by atoms with van der Waals surface area (Å²) in [5.74, 6) is 6.57. The largest absolute Gasteiger partial charge is 0.489 e. The number of anilines is 1. The summed E-state index contributed by atoms with van der Waals surface area (Å²) in [7, 11) is 0. The first-order valence-electron chi connectivity index (χ1n) is 7.87. The first-order chi connectivity index (χ1) is 11.6. The summed E-state index contributed by atoms with van der Waals surface area (Å²) in [4.78, 5) is 11.6. The molecule has 1 aliphatic carbocycles. The lowest BCUT2D eigenvalue weighted by atomic mass is 10.0. The first kappa shape index (κ1) is 16.8. The number of amides is 2. The van der Waals surface area contributed by atoms with E-state index < -0.39 is 6.03 Å². The quantitative estimate of drug-likeness (QED) is 0.407. The van der Waals surface area contributed by atoms with Gasteiger partial charge in [-0.25, -0.2) is 10.6 Å². The van der Waals surface area contributed by atoms with Crippen LogP contribution >= 0.6 is 15.9 Å². The van der Waals surface area contributed by atoms with Crippen molar-refractivity contribution in [2.45, 2.75) is 32.3 Å². The molecule has 2 aromatic carbocycles. The van der Waals surface area contributed by atoms with Crippen LogP contribution in [0.25, 0.3) is 0 Å². The average Bonchev–Trinajstić information content (AvgIpc) is 3.39. The summed E-state index contributed by atoms with van der Waals surface area (Å²) in [5.41, 5.74) is 6.13. The Morgan fingerprint density at radius 2 is 2.12 bits per heavy atom. The number of hydrogen-bond acceptors (Lipinski definition) is 3. The minimum atomic E-state index is -0.441. The number of benzene rings is 2. The topological polar surface area (TPSA) is 76.4 Å². The van der Waals surface area contributed by atoms with Gasteiger partial charge >= 0.3 is 6.03 Å². The van der Waals surface area contributed by atoms with Crippen molar-refractivity contribution >= 4 is 27.6 Å². The zero-order valence-electron chi connectivity index (χ0n) is 13.4. The van der Waals surface area contributed by atoms with Crippen molar-refractivity contribution in [1.29, 1.82) is 0 Å². The fourth-order valence-corrected chi connectivity index (χ4v) is 3.22. The minimum Gasteiger partial charge on any atom is -0.489 e. The summed E-state index contributed by atoms with van der Waals surface area (Å²) in [5, 5.41) is 2.78. The second-order valence-corrected chi connectivity index (χ2v) is 6.86. The number of aryl methyl sites for hydroxylation is 1. The molecule has 0 aliphatic heterocycles. The molecule has 5 nitrogen and oxygen atoms in total. The summed E-state index contributed by atoms with van der Waals surface area (Å²) in [6, 6.07) is 11.4. The second kappa shape index (κ2) is 7.23. The molecule has 24 heavy (non-hydrogen) atoms. The van der Waals surface area contributed by atoms with Gasteiger partial charge in [0.1, 0.15) is 12.4 Å². The van der Waals surface area contributed by atoms with E-state index in [9.17, 15) is 4.79 Å². The number of ether oxygens (including phenoxy) is 1. The fraction of sp³-hybridized carbons (Fsp3) is 0.278. The molecule has 0 radical (unpaired) electrons. The van der Waals surface area contributed by atoms with Crippen molar-refractivity contribution in [3.05, 3.63) is 57.6 Å². The lowest BCUT2D eigenvalue weighted by Gasteiger charge is -2.17. The molecule has 0 saturated heterocycles. The number of hydrazine groups is 1. The molecule has 1 aliphatic rings. The second-order valence-electron chi connectivity index (χ2n) is 5.94. The average molecular weight is 390 g/mol. The van der Waals surface area contributed by atoms with Crippen molar-refractivity contribution < 1.29 is 9.53 Å². The van der Waals surface area contributed by atoms with E-state index in [1.807, 2.05) is 37.3 Å². The van der Waals surface area contributed by atoms with Crippen LogP contribution in [0.2, 0.25) is 0 Å². The normalized spacial score (nSPS) is 13.5. The van der Waals surface area contributed by atoms with Crippen molar-refractivity contribution in [2.24, 2.45) is 5.84 Å². The lowest BCUT2D eigenvalue weighted by molar-refractivity contribution is 0.252. The van der Waals surface area contributed by atoms with Crippen molar-refractivity contribution in [3.8, 4) is 5.75 Å². The summed E-state index contributed by atoms with van der Waals surface area (Å²) in [6.07, 6.45) is 2.35. The van der Waals surface area contributed by atoms with Gasteiger partial charge in [-0.1, -0.05) is 28.1 Å². The molecule has 0 aromatic heterocycles. The molecule has 0 atom stereocenters. The highest BCUT2D eigenvalue weighted by atomic mass is 79.9. The highest BCUT2D eigenvalue weighted by molar-refractivity contribution is 9.10.